The standard InChI is InChI=1S/C17H16N4O3/c1-2-3-12-4-7-14(8-5-12)17(22)19-18-11-13-6-9-16-15(10-13)20-24-21(16)23/h4-11H,2-3H2,1H3,(H,19,22)/b18-11+. The summed E-state index contributed by atoms with van der Waals surface area (Å²) in [4.78, 5) is 12.4. The van der Waals surface area contributed by atoms with Crippen molar-refractivity contribution in [3.63, 3.8) is 0 Å². The van der Waals surface area contributed by atoms with Crippen LogP contribution in [0.2, 0.25) is 0 Å². The van der Waals surface area contributed by atoms with Gasteiger partial charge in [-0.3, -0.25) is 9.42 Å². The molecule has 24 heavy (non-hydrogen) atoms. The number of hydrazone groups is 1. The maximum absolute atomic E-state index is 12.0. The first-order valence-corrected chi connectivity index (χ1v) is 7.59. The maximum atomic E-state index is 12.0. The Morgan fingerprint density at radius 2 is 2.12 bits per heavy atom. The van der Waals surface area contributed by atoms with Gasteiger partial charge < -0.3 is 5.21 Å². The molecule has 0 radical (unpaired) electrons. The first-order chi connectivity index (χ1) is 11.7. The van der Waals surface area contributed by atoms with E-state index < -0.39 is 0 Å². The van der Waals surface area contributed by atoms with E-state index in [-0.39, 0.29) is 5.91 Å². The van der Waals surface area contributed by atoms with E-state index in [1.165, 1.54) is 11.8 Å². The fourth-order valence-electron chi connectivity index (χ4n) is 2.31. The molecule has 0 unspecified atom stereocenters. The Morgan fingerprint density at radius 3 is 2.88 bits per heavy atom. The average molecular weight is 324 g/mol. The lowest BCUT2D eigenvalue weighted by Crippen LogP contribution is -2.22. The molecule has 7 nitrogen and oxygen atoms in total. The number of aromatic nitrogens is 2. The molecule has 1 heterocycles. The van der Waals surface area contributed by atoms with Crippen LogP contribution in [0.3, 0.4) is 0 Å². The lowest BCUT2D eigenvalue weighted by atomic mass is 10.1. The molecule has 122 valence electrons. The van der Waals surface area contributed by atoms with Crippen molar-refractivity contribution in [3.05, 3.63) is 64.4 Å². The Kier molecular flexibility index (Phi) is 4.51. The Labute approximate surface area is 138 Å². The molecule has 0 fully saturated rings. The summed E-state index contributed by atoms with van der Waals surface area (Å²) in [5, 5.41) is 18.8. The molecule has 0 spiro atoms. The molecule has 2 aromatic carbocycles. The summed E-state index contributed by atoms with van der Waals surface area (Å²) in [5.74, 6) is -0.283. The van der Waals surface area contributed by atoms with Crippen LogP contribution in [0.4, 0.5) is 0 Å². The molecule has 1 aromatic heterocycles. The van der Waals surface area contributed by atoms with Crippen molar-refractivity contribution in [2.75, 3.05) is 0 Å². The normalized spacial score (nSPS) is 11.2. The quantitative estimate of drug-likeness (QED) is 0.442. The highest BCUT2D eigenvalue weighted by atomic mass is 16.8. The molecule has 3 aromatic rings. The summed E-state index contributed by atoms with van der Waals surface area (Å²) in [7, 11) is 0. The highest BCUT2D eigenvalue weighted by Crippen LogP contribution is 2.09. The number of aryl methyl sites for hydroxylation is 1. The van der Waals surface area contributed by atoms with Gasteiger partial charge in [-0.15, -0.1) is 0 Å². The number of hydrogen-bond acceptors (Lipinski definition) is 5. The van der Waals surface area contributed by atoms with Crippen molar-refractivity contribution >= 4 is 23.2 Å². The van der Waals surface area contributed by atoms with E-state index >= 15 is 0 Å². The van der Waals surface area contributed by atoms with E-state index in [0.717, 1.165) is 12.8 Å². The van der Waals surface area contributed by atoms with Crippen LogP contribution in [-0.2, 0) is 6.42 Å². The van der Waals surface area contributed by atoms with Crippen molar-refractivity contribution in [1.29, 1.82) is 0 Å². The minimum Gasteiger partial charge on any atom is -0.359 e. The first kappa shape index (κ1) is 15.7. The van der Waals surface area contributed by atoms with Crippen LogP contribution in [0.25, 0.3) is 11.0 Å². The SMILES string of the molecule is CCCc1ccc(C(=O)N/N=C/c2ccc3c(c2)no[n+]3[O-])cc1. The van der Waals surface area contributed by atoms with E-state index in [1.807, 2.05) is 12.1 Å². The van der Waals surface area contributed by atoms with E-state index in [0.29, 0.717) is 27.1 Å². The van der Waals surface area contributed by atoms with Gasteiger partial charge >= 0.3 is 0 Å². The maximum Gasteiger partial charge on any atom is 0.271 e. The molecule has 1 amide bonds. The number of rotatable bonds is 5. The average Bonchev–Trinajstić information content (AvgIpc) is 2.96. The van der Waals surface area contributed by atoms with Crippen molar-refractivity contribution in [3.8, 4) is 0 Å². The molecule has 0 aliphatic heterocycles. The minimum atomic E-state index is -0.283. The van der Waals surface area contributed by atoms with Crippen LogP contribution in [0.1, 0.15) is 34.8 Å². The monoisotopic (exact) mass is 324 g/mol. The summed E-state index contributed by atoms with van der Waals surface area (Å²) < 4.78 is 4.49. The smallest absolute Gasteiger partial charge is 0.271 e. The second kappa shape index (κ2) is 6.91. The summed E-state index contributed by atoms with van der Waals surface area (Å²) in [5.41, 5.74) is 5.67. The zero-order valence-corrected chi connectivity index (χ0v) is 13.1. The molecular formula is C17H16N4O3. The number of fused-ring (bicyclic) bond motifs is 1. The third-order valence-electron chi connectivity index (χ3n) is 3.54. The van der Waals surface area contributed by atoms with Gasteiger partial charge in [-0.1, -0.05) is 25.5 Å². The lowest BCUT2D eigenvalue weighted by Gasteiger charge is -2.02. The van der Waals surface area contributed by atoms with E-state index in [1.54, 1.807) is 30.3 Å². The second-order valence-corrected chi connectivity index (χ2v) is 5.32. The minimum absolute atomic E-state index is 0.283. The molecule has 0 bridgehead atoms. The number of benzene rings is 2. The number of amides is 1. The van der Waals surface area contributed by atoms with E-state index in [9.17, 15) is 10.0 Å². The van der Waals surface area contributed by atoms with Gasteiger partial charge in [0.25, 0.3) is 5.91 Å². The van der Waals surface area contributed by atoms with Crippen molar-refractivity contribution in [2.45, 2.75) is 19.8 Å². The fraction of sp³-hybridized carbons (Fsp3) is 0.176. The van der Waals surface area contributed by atoms with Crippen LogP contribution in [0.5, 0.6) is 0 Å². The zero-order valence-electron chi connectivity index (χ0n) is 13.1. The molecule has 0 aliphatic carbocycles. The Bertz CT molecular complexity index is 884. The van der Waals surface area contributed by atoms with Crippen LogP contribution in [0, 0.1) is 5.21 Å². The molecule has 3 rings (SSSR count). The lowest BCUT2D eigenvalue weighted by molar-refractivity contribution is -0.782. The molecule has 0 atom stereocenters. The Balaban J connectivity index is 1.64. The molecule has 0 aliphatic rings. The Morgan fingerprint density at radius 1 is 1.33 bits per heavy atom. The second-order valence-electron chi connectivity index (χ2n) is 5.32. The van der Waals surface area contributed by atoms with Crippen molar-refractivity contribution in [1.82, 2.24) is 10.6 Å². The molecule has 0 saturated heterocycles. The predicted octanol–water partition coefficient (Wildman–Crippen LogP) is 2.18. The van der Waals surface area contributed by atoms with Crippen molar-refractivity contribution in [2.24, 2.45) is 5.10 Å². The Hall–Kier alpha value is -3.22. The van der Waals surface area contributed by atoms with Gasteiger partial charge in [0.15, 0.2) is 0 Å². The van der Waals surface area contributed by atoms with Gasteiger partial charge in [0.1, 0.15) is 0 Å². The molecule has 0 saturated carbocycles. The summed E-state index contributed by atoms with van der Waals surface area (Å²) in [6.45, 7) is 2.11. The third-order valence-corrected chi connectivity index (χ3v) is 3.54. The van der Waals surface area contributed by atoms with Gasteiger partial charge in [0, 0.05) is 16.8 Å². The largest absolute Gasteiger partial charge is 0.359 e. The number of nitrogens with zero attached hydrogens (tertiary/aromatic N) is 3. The van der Waals surface area contributed by atoms with Gasteiger partial charge in [0.2, 0.25) is 11.0 Å². The topological polar surface area (TPSA) is 94.4 Å². The van der Waals surface area contributed by atoms with Crippen LogP contribution in [0.15, 0.2) is 52.2 Å². The summed E-state index contributed by atoms with van der Waals surface area (Å²) >= 11 is 0. The van der Waals surface area contributed by atoms with Gasteiger partial charge in [-0.25, -0.2) is 5.43 Å². The highest BCUT2D eigenvalue weighted by molar-refractivity contribution is 5.95. The van der Waals surface area contributed by atoms with E-state index in [4.69, 9.17) is 0 Å². The molecule has 1 N–H and O–H groups in total. The highest BCUT2D eigenvalue weighted by Gasteiger charge is 2.08. The third kappa shape index (κ3) is 3.40. The van der Waals surface area contributed by atoms with Crippen LogP contribution >= 0.6 is 0 Å². The van der Waals surface area contributed by atoms with E-state index in [2.05, 4.69) is 27.2 Å². The number of nitrogens with one attached hydrogen (secondary N) is 1. The summed E-state index contributed by atoms with van der Waals surface area (Å²) in [6.07, 6.45) is 3.54. The van der Waals surface area contributed by atoms with Gasteiger partial charge in [-0.05, 0) is 46.7 Å². The zero-order chi connectivity index (χ0) is 16.9. The van der Waals surface area contributed by atoms with Crippen LogP contribution in [-0.4, -0.2) is 17.3 Å². The van der Waals surface area contributed by atoms with Crippen molar-refractivity contribution < 1.29 is 14.3 Å². The number of carbonyl (C=O) groups is 1. The number of hydrogen-bond donors (Lipinski definition) is 1. The van der Waals surface area contributed by atoms with Crippen LogP contribution < -0.4 is 10.3 Å². The molecule has 7 heteroatoms. The first-order valence-electron chi connectivity index (χ1n) is 7.59. The summed E-state index contributed by atoms with van der Waals surface area (Å²) in [6, 6.07) is 12.4. The van der Waals surface area contributed by atoms with Gasteiger partial charge in [0.05, 0.1) is 6.21 Å². The van der Waals surface area contributed by atoms with Gasteiger partial charge in [-0.2, -0.15) is 5.10 Å². The molecular weight excluding hydrogens is 308 g/mol. The fourth-order valence-corrected chi connectivity index (χ4v) is 2.31. The number of carbonyl (C=O) groups excluding carboxylic acids is 1. The predicted molar refractivity (Wildman–Crippen MR) is 88.5 cm³/mol.